The van der Waals surface area contributed by atoms with Crippen LogP contribution < -0.4 is 4.90 Å². The average molecular weight is 383 g/mol. The van der Waals surface area contributed by atoms with Gasteiger partial charge in [-0.05, 0) is 37.0 Å². The monoisotopic (exact) mass is 383 g/mol. The molecule has 3 heterocycles. The summed E-state index contributed by atoms with van der Waals surface area (Å²) in [5, 5.41) is 9.79. The Balaban J connectivity index is 1.95. The highest BCUT2D eigenvalue weighted by Gasteiger charge is 2.27. The Morgan fingerprint density at radius 1 is 1.26 bits per heavy atom. The van der Waals surface area contributed by atoms with Gasteiger partial charge in [-0.3, -0.25) is 9.20 Å². The predicted octanol–water partition coefficient (Wildman–Crippen LogP) is 3.79. The van der Waals surface area contributed by atoms with Crippen LogP contribution in [0.3, 0.4) is 0 Å². The fourth-order valence-electron chi connectivity index (χ4n) is 3.87. The van der Waals surface area contributed by atoms with Crippen molar-refractivity contribution in [2.24, 2.45) is 0 Å². The first-order valence-electron chi connectivity index (χ1n) is 9.13. The molecule has 3 aromatic rings. The van der Waals surface area contributed by atoms with Crippen molar-refractivity contribution in [1.29, 1.82) is 0 Å². The number of imidazole rings is 1. The molecule has 0 fully saturated rings. The maximum absolute atomic E-state index is 11.9. The van der Waals surface area contributed by atoms with Gasteiger partial charge in [-0.25, -0.2) is 9.78 Å². The number of aryl methyl sites for hydroxylation is 2. The van der Waals surface area contributed by atoms with E-state index >= 15 is 0 Å². The summed E-state index contributed by atoms with van der Waals surface area (Å²) in [7, 11) is 0. The van der Waals surface area contributed by atoms with Crippen molar-refractivity contribution in [2.75, 3.05) is 11.4 Å². The van der Waals surface area contributed by atoms with Gasteiger partial charge in [0.2, 0.25) is 5.91 Å². The Hall–Kier alpha value is -2.67. The summed E-state index contributed by atoms with van der Waals surface area (Å²) in [6.07, 6.45) is 2.20. The summed E-state index contributed by atoms with van der Waals surface area (Å²) in [6.45, 7) is 6.27. The number of fused-ring (bicyclic) bond motifs is 2. The molecule has 0 unspecified atom stereocenters. The Kier molecular flexibility index (Phi) is 4.26. The van der Waals surface area contributed by atoms with Crippen LogP contribution in [0.15, 0.2) is 18.2 Å². The number of carboxylic acid groups (broad SMARTS) is 1. The van der Waals surface area contributed by atoms with Crippen LogP contribution in [-0.2, 0) is 24.1 Å². The molecule has 0 saturated carbocycles. The summed E-state index contributed by atoms with van der Waals surface area (Å²) in [6, 6.07) is 6.05. The van der Waals surface area contributed by atoms with E-state index in [-0.39, 0.29) is 11.6 Å². The van der Waals surface area contributed by atoms with E-state index in [1.165, 1.54) is 0 Å². The fraction of sp³-hybridized carbons (Fsp3) is 0.350. The second kappa shape index (κ2) is 6.49. The summed E-state index contributed by atoms with van der Waals surface area (Å²) in [5.74, 6) is -0.908. The molecule has 1 N–H and O–H groups in total. The zero-order chi connectivity index (χ0) is 19.3. The van der Waals surface area contributed by atoms with Gasteiger partial charge in [0.25, 0.3) is 0 Å². The molecule has 0 atom stereocenters. The smallest absolute Gasteiger partial charge is 0.354 e. The van der Waals surface area contributed by atoms with Crippen LogP contribution in [0.5, 0.6) is 0 Å². The van der Waals surface area contributed by atoms with Crippen LogP contribution in [0.4, 0.5) is 5.69 Å². The van der Waals surface area contributed by atoms with Gasteiger partial charge in [0, 0.05) is 29.6 Å². The van der Waals surface area contributed by atoms with Gasteiger partial charge in [0.1, 0.15) is 0 Å². The largest absolute Gasteiger partial charge is 0.477 e. The Bertz CT molecular complexity index is 1080. The molecule has 27 heavy (non-hydrogen) atoms. The number of amides is 1. The molecule has 2 aromatic heterocycles. The minimum atomic E-state index is -0.954. The molecule has 0 spiro atoms. The second-order valence-corrected chi connectivity index (χ2v) is 7.74. The normalized spacial score (nSPS) is 13.4. The molecule has 0 radical (unpaired) electrons. The summed E-state index contributed by atoms with van der Waals surface area (Å²) < 4.78 is 1.80. The molecule has 1 amide bonds. The number of carbonyl (C=O) groups excluding carboxylic acids is 1. The van der Waals surface area contributed by atoms with E-state index in [1.807, 2.05) is 19.1 Å². The van der Waals surface area contributed by atoms with Crippen molar-refractivity contribution < 1.29 is 14.7 Å². The van der Waals surface area contributed by atoms with Gasteiger partial charge in [-0.2, -0.15) is 0 Å². The number of carboxylic acids is 1. The number of aromatic nitrogens is 2. The summed E-state index contributed by atoms with van der Waals surface area (Å²) in [5.41, 5.74) is 4.83. The topological polar surface area (TPSA) is 74.9 Å². The fourth-order valence-corrected chi connectivity index (χ4v) is 4.97. The third-order valence-electron chi connectivity index (χ3n) is 5.11. The van der Waals surface area contributed by atoms with Gasteiger partial charge >= 0.3 is 5.97 Å². The van der Waals surface area contributed by atoms with Crippen molar-refractivity contribution in [2.45, 2.75) is 40.0 Å². The molecule has 1 aromatic carbocycles. The lowest BCUT2D eigenvalue weighted by atomic mass is 10.0. The van der Waals surface area contributed by atoms with Crippen molar-refractivity contribution in [3.63, 3.8) is 0 Å². The number of rotatable bonds is 4. The lowest BCUT2D eigenvalue weighted by molar-refractivity contribution is -0.116. The van der Waals surface area contributed by atoms with Crippen molar-refractivity contribution in [1.82, 2.24) is 9.38 Å². The van der Waals surface area contributed by atoms with Gasteiger partial charge in [0.15, 0.2) is 10.7 Å². The number of anilines is 1. The molecular formula is C20H21N3O3S. The van der Waals surface area contributed by atoms with Crippen LogP contribution in [0, 0.1) is 0 Å². The van der Waals surface area contributed by atoms with E-state index in [9.17, 15) is 14.7 Å². The first-order valence-corrected chi connectivity index (χ1v) is 9.95. The summed E-state index contributed by atoms with van der Waals surface area (Å²) in [4.78, 5) is 31.9. The van der Waals surface area contributed by atoms with E-state index in [0.29, 0.717) is 18.7 Å². The second-order valence-electron chi connectivity index (χ2n) is 6.68. The molecule has 1 aliphatic heterocycles. The van der Waals surface area contributed by atoms with E-state index in [1.54, 1.807) is 27.6 Å². The molecular weight excluding hydrogens is 362 g/mol. The van der Waals surface area contributed by atoms with Crippen LogP contribution in [-0.4, -0.2) is 32.9 Å². The van der Waals surface area contributed by atoms with Crippen molar-refractivity contribution >= 4 is 33.9 Å². The van der Waals surface area contributed by atoms with Gasteiger partial charge < -0.3 is 10.0 Å². The Morgan fingerprint density at radius 3 is 2.67 bits per heavy atom. The maximum Gasteiger partial charge on any atom is 0.354 e. The molecule has 0 bridgehead atoms. The number of hydrogen-bond donors (Lipinski definition) is 1. The standard InChI is InChI=1S/C20H21N3O3S/c1-4-14-18(19(25)26)23-17(16(5-2)27-20(23)21-14)13-6-7-15-12(10-13)8-9-22(15)11(3)24/h6-7,10H,4-5,8-9H2,1-3H3,(H,25,26). The number of carbonyl (C=O) groups is 2. The van der Waals surface area contributed by atoms with Crippen LogP contribution in [0.25, 0.3) is 16.2 Å². The molecule has 6 nitrogen and oxygen atoms in total. The molecule has 7 heteroatoms. The zero-order valence-electron chi connectivity index (χ0n) is 15.6. The SMILES string of the molecule is CCc1nc2sc(CC)c(-c3ccc4c(c3)CCN4C(C)=O)n2c1C(=O)O. The van der Waals surface area contributed by atoms with Gasteiger partial charge in [-0.15, -0.1) is 11.3 Å². The number of thiazole rings is 1. The highest BCUT2D eigenvalue weighted by atomic mass is 32.1. The molecule has 0 aliphatic carbocycles. The zero-order valence-corrected chi connectivity index (χ0v) is 16.4. The summed E-state index contributed by atoms with van der Waals surface area (Å²) >= 11 is 1.55. The van der Waals surface area contributed by atoms with Crippen molar-refractivity contribution in [3.05, 3.63) is 40.0 Å². The predicted molar refractivity (Wildman–Crippen MR) is 106 cm³/mol. The number of benzene rings is 1. The minimum absolute atomic E-state index is 0.0454. The molecule has 1 aliphatic rings. The van der Waals surface area contributed by atoms with Crippen LogP contribution >= 0.6 is 11.3 Å². The molecule has 4 rings (SSSR count). The van der Waals surface area contributed by atoms with Gasteiger partial charge in [-0.1, -0.05) is 19.9 Å². The Labute approximate surface area is 161 Å². The van der Waals surface area contributed by atoms with Crippen molar-refractivity contribution in [3.8, 4) is 11.3 Å². The van der Waals surface area contributed by atoms with Crippen LogP contribution in [0.2, 0.25) is 0 Å². The highest BCUT2D eigenvalue weighted by molar-refractivity contribution is 7.17. The third kappa shape index (κ3) is 2.65. The highest BCUT2D eigenvalue weighted by Crippen LogP contribution is 2.38. The van der Waals surface area contributed by atoms with Crippen LogP contribution in [0.1, 0.15) is 47.4 Å². The Morgan fingerprint density at radius 2 is 2.04 bits per heavy atom. The first-order chi connectivity index (χ1) is 13.0. The maximum atomic E-state index is 11.9. The minimum Gasteiger partial charge on any atom is -0.477 e. The lowest BCUT2D eigenvalue weighted by Gasteiger charge is -2.15. The van der Waals surface area contributed by atoms with Gasteiger partial charge in [0.05, 0.1) is 11.4 Å². The number of nitrogens with zero attached hydrogens (tertiary/aromatic N) is 3. The number of aromatic carboxylic acids is 1. The quantitative estimate of drug-likeness (QED) is 0.744. The lowest BCUT2D eigenvalue weighted by Crippen LogP contribution is -2.25. The van der Waals surface area contributed by atoms with E-state index in [0.717, 1.165) is 45.2 Å². The first kappa shape index (κ1) is 17.7. The average Bonchev–Trinajstić information content (AvgIpc) is 3.30. The van der Waals surface area contributed by atoms with E-state index < -0.39 is 5.97 Å². The van der Waals surface area contributed by atoms with E-state index in [2.05, 4.69) is 18.0 Å². The molecule has 140 valence electrons. The number of hydrogen-bond acceptors (Lipinski definition) is 4. The third-order valence-corrected chi connectivity index (χ3v) is 6.29. The molecule has 0 saturated heterocycles. The van der Waals surface area contributed by atoms with E-state index in [4.69, 9.17) is 0 Å².